The molecule has 0 radical (unpaired) electrons. The van der Waals surface area contributed by atoms with Gasteiger partial charge in [-0.3, -0.25) is 0 Å². The number of aromatic nitrogens is 2. The minimum atomic E-state index is -0.369. The fraction of sp³-hybridized carbons (Fsp3) is 0.324. The Kier molecular flexibility index (Phi) is 7.15. The second-order valence-corrected chi connectivity index (χ2v) is 13.4. The lowest BCUT2D eigenvalue weighted by Gasteiger charge is -2.21. The summed E-state index contributed by atoms with van der Waals surface area (Å²) in [7, 11) is 1.60. The number of hydrogen-bond acceptors (Lipinski definition) is 9. The number of fused-ring (bicyclic) bond motifs is 6. The molecular formula is C34H29Cl2N3O5S. The lowest BCUT2D eigenvalue weighted by atomic mass is 9.92. The molecule has 1 aliphatic carbocycles. The van der Waals surface area contributed by atoms with E-state index in [1.807, 2.05) is 18.2 Å². The molecule has 8 rings (SSSR count). The Morgan fingerprint density at radius 2 is 1.82 bits per heavy atom. The largest absolute Gasteiger partial charge is 0.494 e. The van der Waals surface area contributed by atoms with E-state index in [0.717, 1.165) is 58.1 Å². The van der Waals surface area contributed by atoms with Crippen LogP contribution in [0.25, 0.3) is 21.5 Å². The molecule has 2 aromatic heterocycles. The Balaban J connectivity index is 1.08. The maximum Gasteiger partial charge on any atom is 0.338 e. The van der Waals surface area contributed by atoms with Gasteiger partial charge < -0.3 is 23.6 Å². The van der Waals surface area contributed by atoms with Crippen molar-refractivity contribution in [2.75, 3.05) is 18.6 Å². The van der Waals surface area contributed by atoms with E-state index in [0.29, 0.717) is 51.7 Å². The summed E-state index contributed by atoms with van der Waals surface area (Å²) in [4.78, 5) is 19.9. The number of benzene rings is 3. The third-order valence-corrected chi connectivity index (χ3v) is 10.6. The van der Waals surface area contributed by atoms with Crippen LogP contribution in [0, 0.1) is 0 Å². The zero-order valence-electron chi connectivity index (χ0n) is 24.6. The van der Waals surface area contributed by atoms with Crippen LogP contribution >= 0.6 is 34.5 Å². The molecule has 5 aromatic rings. The van der Waals surface area contributed by atoms with E-state index < -0.39 is 0 Å². The third kappa shape index (κ3) is 4.83. The van der Waals surface area contributed by atoms with E-state index in [2.05, 4.69) is 22.2 Å². The summed E-state index contributed by atoms with van der Waals surface area (Å²) in [6, 6.07) is 15.8. The van der Waals surface area contributed by atoms with Crippen LogP contribution in [-0.4, -0.2) is 29.8 Å². The quantitative estimate of drug-likeness (QED) is 0.144. The first-order valence-corrected chi connectivity index (χ1v) is 16.7. The van der Waals surface area contributed by atoms with Gasteiger partial charge in [-0.1, -0.05) is 51.8 Å². The van der Waals surface area contributed by atoms with E-state index in [9.17, 15) is 4.79 Å². The fourth-order valence-corrected chi connectivity index (χ4v) is 8.41. The minimum absolute atomic E-state index is 0.180. The number of thiazole rings is 1. The zero-order chi connectivity index (χ0) is 30.8. The molecule has 0 spiro atoms. The second-order valence-electron chi connectivity index (χ2n) is 11.6. The van der Waals surface area contributed by atoms with Crippen LogP contribution in [0.4, 0.5) is 5.13 Å². The molecule has 2 unspecified atom stereocenters. The van der Waals surface area contributed by atoms with Crippen LogP contribution in [0.15, 0.2) is 53.1 Å². The first kappa shape index (κ1) is 28.7. The summed E-state index contributed by atoms with van der Waals surface area (Å²) in [5.41, 5.74) is 5.95. The Morgan fingerprint density at radius 3 is 2.56 bits per heavy atom. The predicted octanol–water partition coefficient (Wildman–Crippen LogP) is 9.30. The lowest BCUT2D eigenvalue weighted by Crippen LogP contribution is -2.18. The highest BCUT2D eigenvalue weighted by molar-refractivity contribution is 7.22. The summed E-state index contributed by atoms with van der Waals surface area (Å²) in [5.74, 6) is 2.17. The fourth-order valence-electron chi connectivity index (χ4n) is 6.71. The van der Waals surface area contributed by atoms with Crippen molar-refractivity contribution in [1.29, 1.82) is 0 Å². The Labute approximate surface area is 273 Å². The number of ether oxygens (including phenoxy) is 3. The Hall–Kier alpha value is -3.79. The van der Waals surface area contributed by atoms with E-state index in [1.54, 1.807) is 43.6 Å². The van der Waals surface area contributed by atoms with Gasteiger partial charge in [0.05, 0.1) is 51.7 Å². The van der Waals surface area contributed by atoms with Gasteiger partial charge in [0.1, 0.15) is 35.1 Å². The molecule has 230 valence electrons. The first-order chi connectivity index (χ1) is 21.9. The zero-order valence-corrected chi connectivity index (χ0v) is 27.0. The van der Waals surface area contributed by atoms with Crippen LogP contribution in [0.3, 0.4) is 0 Å². The summed E-state index contributed by atoms with van der Waals surface area (Å²) in [6.07, 6.45) is 4.20. The number of carbonyl (C=O) groups excluding carboxylic acids is 1. The molecule has 11 heteroatoms. The van der Waals surface area contributed by atoms with Gasteiger partial charge in [-0.05, 0) is 80.1 Å². The second kappa shape index (κ2) is 11.2. The monoisotopic (exact) mass is 661 g/mol. The molecule has 3 aromatic carbocycles. The highest BCUT2D eigenvalue weighted by Crippen LogP contribution is 2.57. The Morgan fingerprint density at radius 1 is 1.04 bits per heavy atom. The normalized spacial score (nSPS) is 18.4. The molecule has 2 atom stereocenters. The highest BCUT2D eigenvalue weighted by Gasteiger charge is 2.45. The topological polar surface area (TPSA) is 86.9 Å². The molecule has 1 saturated heterocycles. The van der Waals surface area contributed by atoms with Crippen molar-refractivity contribution < 1.29 is 23.5 Å². The van der Waals surface area contributed by atoms with Gasteiger partial charge in [-0.25, -0.2) is 9.78 Å². The number of anilines is 1. The van der Waals surface area contributed by atoms with E-state index in [1.165, 1.54) is 11.1 Å². The van der Waals surface area contributed by atoms with Crippen molar-refractivity contribution >= 4 is 55.9 Å². The summed E-state index contributed by atoms with van der Waals surface area (Å²) < 4.78 is 24.0. The SMILES string of the molecule is CCOC(=O)c1cc(OC)c2nc(N3C4CCC3c3cc(OCc5c(-c6c(Cl)cccc6Cl)noc5C5CC5)ccc34)sc2c1. The van der Waals surface area contributed by atoms with Crippen LogP contribution in [0.2, 0.25) is 10.0 Å². The Bertz CT molecular complexity index is 1950. The predicted molar refractivity (Wildman–Crippen MR) is 174 cm³/mol. The molecule has 8 nitrogen and oxygen atoms in total. The number of hydrogen-bond donors (Lipinski definition) is 0. The number of nitrogens with zero attached hydrogens (tertiary/aromatic N) is 3. The van der Waals surface area contributed by atoms with Gasteiger partial charge in [0, 0.05) is 11.5 Å². The molecule has 2 bridgehead atoms. The van der Waals surface area contributed by atoms with Gasteiger partial charge in [0.2, 0.25) is 0 Å². The molecule has 0 N–H and O–H groups in total. The molecule has 1 saturated carbocycles. The van der Waals surface area contributed by atoms with Crippen molar-refractivity contribution in [2.24, 2.45) is 0 Å². The molecule has 3 aliphatic rings. The van der Waals surface area contributed by atoms with E-state index >= 15 is 0 Å². The summed E-state index contributed by atoms with van der Waals surface area (Å²) in [6.45, 7) is 2.40. The minimum Gasteiger partial charge on any atom is -0.494 e. The molecule has 2 aliphatic heterocycles. The molecule has 2 fully saturated rings. The number of methoxy groups -OCH3 is 1. The van der Waals surface area contributed by atoms with E-state index in [4.69, 9.17) is 46.9 Å². The lowest BCUT2D eigenvalue weighted by molar-refractivity contribution is 0.0526. The van der Waals surface area contributed by atoms with Gasteiger partial charge in [0.25, 0.3) is 0 Å². The van der Waals surface area contributed by atoms with Gasteiger partial charge in [-0.15, -0.1) is 0 Å². The average molecular weight is 663 g/mol. The number of carbonyl (C=O) groups is 1. The van der Waals surface area contributed by atoms with Crippen molar-refractivity contribution in [3.63, 3.8) is 0 Å². The highest BCUT2D eigenvalue weighted by atomic mass is 35.5. The van der Waals surface area contributed by atoms with Crippen LogP contribution in [0.5, 0.6) is 11.5 Å². The van der Waals surface area contributed by atoms with Crippen LogP contribution < -0.4 is 14.4 Å². The maximum atomic E-state index is 12.5. The van der Waals surface area contributed by atoms with Crippen molar-refractivity contribution in [2.45, 2.75) is 57.2 Å². The summed E-state index contributed by atoms with van der Waals surface area (Å²) in [5, 5.41) is 6.36. The van der Waals surface area contributed by atoms with Crippen molar-refractivity contribution in [3.05, 3.63) is 86.6 Å². The number of esters is 1. The average Bonchev–Trinajstić information content (AvgIpc) is 3.35. The number of rotatable bonds is 9. The molecule has 45 heavy (non-hydrogen) atoms. The number of halogens is 2. The molecular weight excluding hydrogens is 633 g/mol. The third-order valence-electron chi connectivity index (χ3n) is 8.91. The van der Waals surface area contributed by atoms with E-state index in [-0.39, 0.29) is 18.1 Å². The summed E-state index contributed by atoms with van der Waals surface area (Å²) >= 11 is 14.7. The van der Waals surface area contributed by atoms with Crippen LogP contribution in [-0.2, 0) is 11.3 Å². The molecule has 0 amide bonds. The maximum absolute atomic E-state index is 12.5. The van der Waals surface area contributed by atoms with Crippen molar-refractivity contribution in [3.8, 4) is 22.8 Å². The first-order valence-electron chi connectivity index (χ1n) is 15.1. The smallest absolute Gasteiger partial charge is 0.338 e. The van der Waals surface area contributed by atoms with Gasteiger partial charge in [0.15, 0.2) is 5.13 Å². The van der Waals surface area contributed by atoms with Gasteiger partial charge in [-0.2, -0.15) is 0 Å². The van der Waals surface area contributed by atoms with Crippen LogP contribution in [0.1, 0.15) is 83.4 Å². The van der Waals surface area contributed by atoms with Crippen molar-refractivity contribution in [1.82, 2.24) is 10.1 Å². The van der Waals surface area contributed by atoms with Gasteiger partial charge >= 0.3 is 5.97 Å². The molecule has 4 heterocycles. The standard InChI is InChI=1S/C34H29Cl2N3O5S/c1-3-42-33(40)18-13-27(41-2)31-28(14-18)45-34(37-31)39-25-11-12-26(39)21-15-19(9-10-20(21)25)43-16-22-30(38-44-32(22)17-7-8-17)29-23(35)5-4-6-24(29)36/h4-6,9-10,13-15,17,25-26H,3,7-8,11-12,16H2,1-2H3.